The number of likely N-dealkylation sites (N-methyl/N-ethyl adjacent to an activating group) is 1. The molecule has 5 nitrogen and oxygen atoms in total. The molecule has 0 saturated heterocycles. The average Bonchev–Trinajstić information content (AvgIpc) is 2.57. The van der Waals surface area contributed by atoms with E-state index in [1.165, 1.54) is 11.6 Å². The van der Waals surface area contributed by atoms with Gasteiger partial charge in [0.2, 0.25) is 0 Å². The number of halogens is 2. The maximum Gasteiger partial charge on any atom is 0.328 e. The van der Waals surface area contributed by atoms with Crippen LogP contribution in [0, 0.1) is 0 Å². The van der Waals surface area contributed by atoms with Crippen molar-refractivity contribution in [2.45, 2.75) is 19.5 Å². The van der Waals surface area contributed by atoms with Crippen LogP contribution in [-0.4, -0.2) is 40.6 Å². The van der Waals surface area contributed by atoms with Crippen LogP contribution in [0.4, 0.5) is 5.82 Å². The highest BCUT2D eigenvalue weighted by atomic mass is 35.5. The lowest BCUT2D eigenvalue weighted by atomic mass is 10.2. The number of rotatable bonds is 8. The summed E-state index contributed by atoms with van der Waals surface area (Å²) in [4.78, 5) is 17.0. The van der Waals surface area contributed by atoms with Gasteiger partial charge in [0.1, 0.15) is 5.82 Å². The zero-order valence-electron chi connectivity index (χ0n) is 14.6. The molecule has 7 heteroatoms. The molecule has 0 aliphatic rings. The molecular formula is C19H21Cl2N3O2. The summed E-state index contributed by atoms with van der Waals surface area (Å²) in [5.41, 5.74) is 1.82. The third-order valence-corrected chi connectivity index (χ3v) is 4.16. The molecule has 1 heterocycles. The zero-order chi connectivity index (χ0) is 19.1. The average molecular weight is 394 g/mol. The highest BCUT2D eigenvalue weighted by Gasteiger charge is 2.10. The molecule has 0 aliphatic heterocycles. The Balaban J connectivity index is 1.91. The quantitative estimate of drug-likeness (QED) is 0.649. The van der Waals surface area contributed by atoms with Crippen molar-refractivity contribution in [2.75, 3.05) is 18.9 Å². The second kappa shape index (κ2) is 9.57. The first-order valence-electron chi connectivity index (χ1n) is 8.09. The maximum atomic E-state index is 10.6. The van der Waals surface area contributed by atoms with E-state index >= 15 is 0 Å². The Morgan fingerprint density at radius 1 is 1.35 bits per heavy atom. The first-order chi connectivity index (χ1) is 12.3. The van der Waals surface area contributed by atoms with Gasteiger partial charge in [0.15, 0.2) is 0 Å². The monoisotopic (exact) mass is 393 g/mol. The fourth-order valence-corrected chi connectivity index (χ4v) is 2.89. The predicted octanol–water partition coefficient (Wildman–Crippen LogP) is 4.42. The van der Waals surface area contributed by atoms with Gasteiger partial charge >= 0.3 is 5.97 Å². The van der Waals surface area contributed by atoms with Crippen LogP contribution in [0.25, 0.3) is 6.08 Å². The standard InChI is InChI=1S/C19H21Cl2N3O2/c1-13(11-24(2)12-14-3-6-16(20)7-4-14)23-19-17(21)9-15(10-22-19)5-8-18(25)26/h3-10,13H,11-12H2,1-2H3,(H,22,23)(H,25,26)/t13-/m1/s1. The summed E-state index contributed by atoms with van der Waals surface area (Å²) in [5, 5.41) is 13.1. The Morgan fingerprint density at radius 3 is 2.65 bits per heavy atom. The highest BCUT2D eigenvalue weighted by molar-refractivity contribution is 6.33. The van der Waals surface area contributed by atoms with E-state index in [0.29, 0.717) is 16.4 Å². The lowest BCUT2D eigenvalue weighted by Gasteiger charge is -2.23. The molecule has 0 fully saturated rings. The molecule has 1 atom stereocenters. The van der Waals surface area contributed by atoms with Crippen molar-refractivity contribution in [3.05, 3.63) is 63.8 Å². The number of carbonyl (C=O) groups is 1. The van der Waals surface area contributed by atoms with E-state index in [1.807, 2.05) is 31.3 Å². The van der Waals surface area contributed by atoms with Crippen LogP contribution in [0.1, 0.15) is 18.1 Å². The number of carboxylic acids is 1. The molecule has 26 heavy (non-hydrogen) atoms. The van der Waals surface area contributed by atoms with Crippen LogP contribution < -0.4 is 5.32 Å². The van der Waals surface area contributed by atoms with Gasteiger partial charge in [-0.05, 0) is 49.4 Å². The van der Waals surface area contributed by atoms with E-state index in [9.17, 15) is 4.79 Å². The molecule has 0 radical (unpaired) electrons. The second-order valence-electron chi connectivity index (χ2n) is 6.14. The number of aliphatic carboxylic acids is 1. The van der Waals surface area contributed by atoms with E-state index in [2.05, 4.69) is 22.1 Å². The molecule has 0 amide bonds. The number of pyridine rings is 1. The van der Waals surface area contributed by atoms with Crippen LogP contribution in [-0.2, 0) is 11.3 Å². The van der Waals surface area contributed by atoms with E-state index in [-0.39, 0.29) is 6.04 Å². The summed E-state index contributed by atoms with van der Waals surface area (Å²) in [7, 11) is 2.04. The highest BCUT2D eigenvalue weighted by Crippen LogP contribution is 2.21. The Hall–Kier alpha value is -2.08. The molecule has 0 aliphatic carbocycles. The largest absolute Gasteiger partial charge is 0.478 e. The number of nitrogens with one attached hydrogen (secondary N) is 1. The summed E-state index contributed by atoms with van der Waals surface area (Å²) < 4.78 is 0. The lowest BCUT2D eigenvalue weighted by molar-refractivity contribution is -0.131. The Morgan fingerprint density at radius 2 is 2.04 bits per heavy atom. The number of anilines is 1. The fraction of sp³-hybridized carbons (Fsp3) is 0.263. The zero-order valence-corrected chi connectivity index (χ0v) is 16.1. The van der Waals surface area contributed by atoms with E-state index in [4.69, 9.17) is 28.3 Å². The number of aromatic nitrogens is 1. The minimum atomic E-state index is -1.01. The minimum absolute atomic E-state index is 0.123. The maximum absolute atomic E-state index is 10.6. The first-order valence-corrected chi connectivity index (χ1v) is 8.85. The van der Waals surface area contributed by atoms with Crippen LogP contribution in [0.2, 0.25) is 10.0 Å². The van der Waals surface area contributed by atoms with Crippen LogP contribution in [0.3, 0.4) is 0 Å². The van der Waals surface area contributed by atoms with Crippen molar-refractivity contribution >= 4 is 41.1 Å². The summed E-state index contributed by atoms with van der Waals surface area (Å²) >= 11 is 12.1. The number of benzene rings is 1. The van der Waals surface area contributed by atoms with Gasteiger partial charge in [-0.15, -0.1) is 0 Å². The Labute approximate surface area is 163 Å². The van der Waals surface area contributed by atoms with Gasteiger partial charge in [0.25, 0.3) is 0 Å². The van der Waals surface area contributed by atoms with E-state index < -0.39 is 5.97 Å². The first kappa shape index (κ1) is 20.2. The second-order valence-corrected chi connectivity index (χ2v) is 6.98. The van der Waals surface area contributed by atoms with Gasteiger partial charge in [0.05, 0.1) is 5.02 Å². The Bertz CT molecular complexity index is 779. The van der Waals surface area contributed by atoms with Crippen LogP contribution in [0.15, 0.2) is 42.6 Å². The van der Waals surface area contributed by atoms with Crippen molar-refractivity contribution in [3.8, 4) is 0 Å². The molecule has 2 rings (SSSR count). The van der Waals surface area contributed by atoms with Crippen molar-refractivity contribution < 1.29 is 9.90 Å². The van der Waals surface area contributed by atoms with Crippen LogP contribution >= 0.6 is 23.2 Å². The molecule has 2 N–H and O–H groups in total. The molecule has 0 saturated carbocycles. The Kier molecular flexibility index (Phi) is 7.45. The fourth-order valence-electron chi connectivity index (χ4n) is 2.53. The molecule has 1 aromatic carbocycles. The van der Waals surface area contributed by atoms with Crippen molar-refractivity contribution in [1.29, 1.82) is 0 Å². The van der Waals surface area contributed by atoms with E-state index in [1.54, 1.807) is 12.3 Å². The number of nitrogens with zero attached hydrogens (tertiary/aromatic N) is 2. The van der Waals surface area contributed by atoms with Gasteiger partial charge in [-0.3, -0.25) is 0 Å². The van der Waals surface area contributed by atoms with Gasteiger partial charge in [-0.2, -0.15) is 0 Å². The van der Waals surface area contributed by atoms with Gasteiger partial charge in [0, 0.05) is 36.4 Å². The molecule has 2 aromatic rings. The molecule has 138 valence electrons. The summed E-state index contributed by atoms with van der Waals surface area (Å²) in [6, 6.07) is 9.60. The topological polar surface area (TPSA) is 65.5 Å². The lowest BCUT2D eigenvalue weighted by Crippen LogP contribution is -2.32. The van der Waals surface area contributed by atoms with Crippen molar-refractivity contribution in [3.63, 3.8) is 0 Å². The van der Waals surface area contributed by atoms with Crippen molar-refractivity contribution in [1.82, 2.24) is 9.88 Å². The van der Waals surface area contributed by atoms with Crippen LogP contribution in [0.5, 0.6) is 0 Å². The molecule has 1 aromatic heterocycles. The van der Waals surface area contributed by atoms with E-state index in [0.717, 1.165) is 24.2 Å². The third-order valence-electron chi connectivity index (χ3n) is 3.62. The minimum Gasteiger partial charge on any atom is -0.478 e. The summed E-state index contributed by atoms with van der Waals surface area (Å²) in [6.07, 6.45) is 4.08. The normalized spacial score (nSPS) is 12.5. The number of hydrogen-bond acceptors (Lipinski definition) is 4. The third kappa shape index (κ3) is 6.67. The molecular weight excluding hydrogens is 373 g/mol. The predicted molar refractivity (Wildman–Crippen MR) is 107 cm³/mol. The molecule has 0 spiro atoms. The summed E-state index contributed by atoms with van der Waals surface area (Å²) in [6.45, 7) is 3.65. The number of hydrogen-bond donors (Lipinski definition) is 2. The SMILES string of the molecule is C[C@H](CN(C)Cc1ccc(Cl)cc1)Nc1ncc(C=CC(=O)O)cc1Cl. The molecule has 0 unspecified atom stereocenters. The van der Waals surface area contributed by atoms with Gasteiger partial charge < -0.3 is 15.3 Å². The summed E-state index contributed by atoms with van der Waals surface area (Å²) in [5.74, 6) is -0.438. The number of carboxylic acid groups (broad SMARTS) is 1. The molecule has 0 bridgehead atoms. The smallest absolute Gasteiger partial charge is 0.328 e. The van der Waals surface area contributed by atoms with Gasteiger partial charge in [-0.25, -0.2) is 9.78 Å². The van der Waals surface area contributed by atoms with Crippen molar-refractivity contribution in [2.24, 2.45) is 0 Å². The van der Waals surface area contributed by atoms with Gasteiger partial charge in [-0.1, -0.05) is 35.3 Å².